The van der Waals surface area contributed by atoms with Gasteiger partial charge in [-0.15, -0.1) is 12.4 Å². The van der Waals surface area contributed by atoms with Crippen LogP contribution in [0.15, 0.2) is 18.1 Å². The summed E-state index contributed by atoms with van der Waals surface area (Å²) in [7, 11) is 0. The standard InChI is InChI=1S/C8H11NO3.ClH/c9-4-8(12)5-1-2-6(10)7(11)3-5;/h1-3,8,10-12H,4,9H2;1H/i1D,2D,3D,4D2,8D;. The number of nitrogens with two attached hydrogens (primary N) is 1. The Balaban J connectivity index is 0.00000324. The van der Waals surface area contributed by atoms with Crippen molar-refractivity contribution in [1.29, 1.82) is 0 Å². The third-order valence-corrected chi connectivity index (χ3v) is 1.15. The fourth-order valence-corrected chi connectivity index (χ4v) is 0.580. The summed E-state index contributed by atoms with van der Waals surface area (Å²) >= 11 is 0. The number of hydrogen-bond donors (Lipinski definition) is 4. The van der Waals surface area contributed by atoms with Crippen molar-refractivity contribution >= 4 is 12.4 Å². The van der Waals surface area contributed by atoms with Crippen LogP contribution in [-0.2, 0) is 0 Å². The molecular formula is C8H12ClNO3. The van der Waals surface area contributed by atoms with E-state index in [-0.39, 0.29) is 12.4 Å². The Morgan fingerprint density at radius 2 is 2.15 bits per heavy atom. The lowest BCUT2D eigenvalue weighted by molar-refractivity contribution is 0.186. The highest BCUT2D eigenvalue weighted by molar-refractivity contribution is 5.85. The summed E-state index contributed by atoms with van der Waals surface area (Å²) in [5, 5.41) is 28.2. The smallest absolute Gasteiger partial charge is 0.157 e. The molecule has 0 aromatic heterocycles. The number of phenols is 2. The molecule has 4 nitrogen and oxygen atoms in total. The minimum Gasteiger partial charge on any atom is -0.504 e. The van der Waals surface area contributed by atoms with Gasteiger partial charge in [0.2, 0.25) is 0 Å². The maximum atomic E-state index is 9.67. The van der Waals surface area contributed by atoms with Crippen molar-refractivity contribution in [2.24, 2.45) is 5.73 Å². The number of rotatable bonds is 2. The first-order chi connectivity index (χ1) is 7.93. The topological polar surface area (TPSA) is 86.7 Å². The minimum absolute atomic E-state index is 0. The van der Waals surface area contributed by atoms with Gasteiger partial charge in [-0.3, -0.25) is 0 Å². The molecule has 74 valence electrons. The largest absolute Gasteiger partial charge is 0.504 e. The van der Waals surface area contributed by atoms with E-state index in [0.29, 0.717) is 0 Å². The molecule has 0 aliphatic rings. The van der Waals surface area contributed by atoms with Crippen LogP contribution in [0.4, 0.5) is 0 Å². The van der Waals surface area contributed by atoms with Crippen LogP contribution in [0.2, 0.25) is 0 Å². The van der Waals surface area contributed by atoms with E-state index >= 15 is 0 Å². The summed E-state index contributed by atoms with van der Waals surface area (Å²) in [4.78, 5) is 0. The van der Waals surface area contributed by atoms with E-state index in [9.17, 15) is 15.3 Å². The average Bonchev–Trinajstić information content (AvgIpc) is 2.22. The second kappa shape index (κ2) is 4.91. The Morgan fingerprint density at radius 3 is 2.69 bits per heavy atom. The summed E-state index contributed by atoms with van der Waals surface area (Å²) in [5.41, 5.74) is 3.95. The molecule has 5 N–H and O–H groups in total. The lowest BCUT2D eigenvalue weighted by atomic mass is 10.1. The van der Waals surface area contributed by atoms with Gasteiger partial charge in [0.15, 0.2) is 11.5 Å². The number of benzene rings is 1. The molecule has 0 aliphatic heterocycles. The van der Waals surface area contributed by atoms with Gasteiger partial charge < -0.3 is 21.1 Å². The third kappa shape index (κ3) is 2.77. The number of hydrogen-bond acceptors (Lipinski definition) is 4. The van der Waals surface area contributed by atoms with Crippen LogP contribution in [0.25, 0.3) is 0 Å². The molecule has 0 heterocycles. The fourth-order valence-electron chi connectivity index (χ4n) is 0.580. The highest BCUT2D eigenvalue weighted by Crippen LogP contribution is 2.27. The summed E-state index contributed by atoms with van der Waals surface area (Å²) < 4.78 is 43.7. The van der Waals surface area contributed by atoms with E-state index in [1.165, 1.54) is 0 Å². The number of halogens is 1. The molecule has 1 atom stereocenters. The van der Waals surface area contributed by atoms with Crippen LogP contribution in [0, 0.1) is 0 Å². The summed E-state index contributed by atoms with van der Waals surface area (Å²) in [6, 6.07) is -2.92. The van der Waals surface area contributed by atoms with Crippen LogP contribution < -0.4 is 5.73 Å². The van der Waals surface area contributed by atoms with E-state index in [1.807, 2.05) is 0 Å². The second-order valence-corrected chi connectivity index (χ2v) is 1.94. The first kappa shape index (κ1) is 5.05. The highest BCUT2D eigenvalue weighted by atomic mass is 35.5. The normalized spacial score (nSPS) is 22.0. The lowest BCUT2D eigenvalue weighted by Crippen LogP contribution is -2.11. The molecule has 1 unspecified atom stereocenters. The third-order valence-electron chi connectivity index (χ3n) is 1.15. The molecule has 13 heavy (non-hydrogen) atoms. The fraction of sp³-hybridized carbons (Fsp3) is 0.250. The quantitative estimate of drug-likeness (QED) is 0.537. The first-order valence-corrected chi connectivity index (χ1v) is 2.96. The number of phenolic OH excluding ortho intramolecular Hbond substituents is 2. The summed E-state index contributed by atoms with van der Waals surface area (Å²) in [6.07, 6.45) is -3.22. The minimum atomic E-state index is -3.22. The van der Waals surface area contributed by atoms with Gasteiger partial charge in [0.25, 0.3) is 0 Å². The van der Waals surface area contributed by atoms with Crippen molar-refractivity contribution in [3.05, 3.63) is 23.7 Å². The Kier molecular flexibility index (Phi) is 1.91. The van der Waals surface area contributed by atoms with Crippen molar-refractivity contribution < 1.29 is 23.5 Å². The first-order valence-electron chi connectivity index (χ1n) is 5.96. The molecule has 0 aliphatic carbocycles. The van der Waals surface area contributed by atoms with Crippen molar-refractivity contribution in [2.45, 2.75) is 6.08 Å². The predicted octanol–water partition coefficient (Wildman–Crippen LogP) is 0.512. The lowest BCUT2D eigenvalue weighted by Gasteiger charge is -2.08. The van der Waals surface area contributed by atoms with Gasteiger partial charge in [0, 0.05) is 9.24 Å². The highest BCUT2D eigenvalue weighted by Gasteiger charge is 2.07. The van der Waals surface area contributed by atoms with Crippen LogP contribution in [-0.4, -0.2) is 21.8 Å². The predicted molar refractivity (Wildman–Crippen MR) is 51.0 cm³/mol. The molecule has 1 rings (SSSR count). The summed E-state index contributed by atoms with van der Waals surface area (Å²) in [6.45, 7) is -3.03. The molecule has 0 radical (unpaired) electrons. The number of aromatic hydroxyl groups is 2. The molecule has 0 fully saturated rings. The zero-order valence-corrected chi connectivity index (χ0v) is 7.14. The molecule has 0 spiro atoms. The van der Waals surface area contributed by atoms with Crippen molar-refractivity contribution in [3.63, 3.8) is 0 Å². The Labute approximate surface area is 90.5 Å². The Hall–Kier alpha value is -0.970. The van der Waals surface area contributed by atoms with E-state index in [4.69, 9.17) is 14.0 Å². The zero-order valence-electron chi connectivity index (χ0n) is 12.3. The van der Waals surface area contributed by atoms with Gasteiger partial charge >= 0.3 is 0 Å². The van der Waals surface area contributed by atoms with Gasteiger partial charge in [-0.25, -0.2) is 0 Å². The van der Waals surface area contributed by atoms with Crippen molar-refractivity contribution in [1.82, 2.24) is 0 Å². The zero-order chi connectivity index (χ0) is 14.5. The van der Waals surface area contributed by atoms with Gasteiger partial charge in [-0.2, -0.15) is 0 Å². The Bertz CT molecular complexity index is 475. The van der Waals surface area contributed by atoms with Crippen molar-refractivity contribution in [2.75, 3.05) is 6.50 Å². The molecule has 0 saturated carbocycles. The van der Waals surface area contributed by atoms with Gasteiger partial charge in [-0.1, -0.05) is 6.04 Å². The van der Waals surface area contributed by atoms with E-state index in [2.05, 4.69) is 0 Å². The molecule has 1 aromatic rings. The molecular weight excluding hydrogens is 194 g/mol. The van der Waals surface area contributed by atoms with Crippen LogP contribution in [0.5, 0.6) is 11.5 Å². The van der Waals surface area contributed by atoms with E-state index in [0.717, 1.165) is 0 Å². The van der Waals surface area contributed by atoms with Crippen LogP contribution in [0.3, 0.4) is 0 Å². The molecule has 0 saturated heterocycles. The SMILES string of the molecule is Cl.[2H]c1c([2H])c(C([2H])(O)C([2H])([2H])N)c([2H])c(O)c1O. The summed E-state index contributed by atoms with van der Waals surface area (Å²) in [5.74, 6) is -2.18. The monoisotopic (exact) mass is 211 g/mol. The van der Waals surface area contributed by atoms with Crippen LogP contribution >= 0.6 is 12.4 Å². The van der Waals surface area contributed by atoms with Crippen molar-refractivity contribution in [3.8, 4) is 11.5 Å². The molecule has 1 aromatic carbocycles. The van der Waals surface area contributed by atoms with Gasteiger partial charge in [-0.05, 0) is 17.6 Å². The Morgan fingerprint density at radius 1 is 1.54 bits per heavy atom. The second-order valence-electron chi connectivity index (χ2n) is 1.94. The number of aliphatic hydroxyl groups is 1. The maximum absolute atomic E-state index is 9.67. The maximum Gasteiger partial charge on any atom is 0.157 e. The average molecular weight is 212 g/mol. The molecule has 0 amide bonds. The van der Waals surface area contributed by atoms with Gasteiger partial charge in [0.05, 0.1) is 11.6 Å². The van der Waals surface area contributed by atoms with Gasteiger partial charge in [0.1, 0.15) is 0 Å². The van der Waals surface area contributed by atoms with Crippen LogP contribution in [0.1, 0.15) is 19.9 Å². The molecule has 0 bridgehead atoms. The van der Waals surface area contributed by atoms with E-state index in [1.54, 1.807) is 0 Å². The van der Waals surface area contributed by atoms with E-state index < -0.39 is 47.8 Å². The molecule has 5 heteroatoms.